The molecule has 0 radical (unpaired) electrons. The van der Waals surface area contributed by atoms with Crippen LogP contribution in [-0.2, 0) is 19.5 Å². The van der Waals surface area contributed by atoms with Gasteiger partial charge in [-0.15, -0.1) is 0 Å². The maximum Gasteiger partial charge on any atom is 0.251 e. The van der Waals surface area contributed by atoms with Crippen LogP contribution in [0.4, 0.5) is 0 Å². The maximum atomic E-state index is 12.6. The summed E-state index contributed by atoms with van der Waals surface area (Å²) in [5.41, 5.74) is 3.98. The first-order valence-corrected chi connectivity index (χ1v) is 11.9. The second-order valence-electron chi connectivity index (χ2n) is 8.74. The van der Waals surface area contributed by atoms with Gasteiger partial charge in [-0.3, -0.25) is 14.8 Å². The number of hydrogen-bond donors (Lipinski definition) is 1. The van der Waals surface area contributed by atoms with E-state index in [1.165, 1.54) is 0 Å². The molecule has 2 aliphatic rings. The average Bonchev–Trinajstić information content (AvgIpc) is 2.87. The van der Waals surface area contributed by atoms with E-state index < -0.39 is 0 Å². The molecule has 0 spiro atoms. The van der Waals surface area contributed by atoms with Crippen molar-refractivity contribution in [1.82, 2.24) is 24.8 Å². The molecule has 8 nitrogen and oxygen atoms in total. The topological polar surface area (TPSA) is 81.5 Å². The summed E-state index contributed by atoms with van der Waals surface area (Å²) in [6.07, 6.45) is 6.72. The Kier molecular flexibility index (Phi) is 6.55. The summed E-state index contributed by atoms with van der Waals surface area (Å²) in [5.74, 6) is 1.51. The Morgan fingerprint density at radius 3 is 2.67 bits per heavy atom. The van der Waals surface area contributed by atoms with Gasteiger partial charge in [0.15, 0.2) is 11.5 Å². The van der Waals surface area contributed by atoms with E-state index in [1.807, 2.05) is 22.9 Å². The zero-order valence-corrected chi connectivity index (χ0v) is 19.1. The number of aryl methyl sites for hydroxylation is 1. The molecule has 0 bridgehead atoms. The lowest BCUT2D eigenvalue weighted by molar-refractivity contribution is 0.170. The summed E-state index contributed by atoms with van der Waals surface area (Å²) >= 11 is 0. The van der Waals surface area contributed by atoms with Crippen LogP contribution in [0.25, 0.3) is 11.0 Å². The van der Waals surface area contributed by atoms with Gasteiger partial charge >= 0.3 is 0 Å². The third-order valence-electron chi connectivity index (χ3n) is 6.59. The molecule has 8 heteroatoms. The van der Waals surface area contributed by atoms with Crippen molar-refractivity contribution in [3.8, 4) is 11.5 Å². The lowest BCUT2D eigenvalue weighted by Gasteiger charge is -2.32. The van der Waals surface area contributed by atoms with E-state index in [9.17, 15) is 4.79 Å². The van der Waals surface area contributed by atoms with Gasteiger partial charge in [0.05, 0.1) is 22.9 Å². The molecule has 5 heterocycles. The first-order valence-electron chi connectivity index (χ1n) is 11.9. The second-order valence-corrected chi connectivity index (χ2v) is 8.74. The minimum Gasteiger partial charge on any atom is -0.486 e. The summed E-state index contributed by atoms with van der Waals surface area (Å²) in [4.78, 5) is 24.0. The third kappa shape index (κ3) is 5.02. The molecule has 1 fully saturated rings. The molecule has 0 aliphatic carbocycles. The van der Waals surface area contributed by atoms with Crippen molar-refractivity contribution in [2.75, 3.05) is 32.8 Å². The lowest BCUT2D eigenvalue weighted by Crippen LogP contribution is -2.43. The molecule has 0 unspecified atom stereocenters. The third-order valence-corrected chi connectivity index (χ3v) is 6.59. The molecule has 0 atom stereocenters. The molecule has 1 saturated heterocycles. The molecule has 0 amide bonds. The number of nitrogens with zero attached hydrogens (tertiary/aromatic N) is 4. The van der Waals surface area contributed by atoms with Gasteiger partial charge in [-0.05, 0) is 50.0 Å². The number of fused-ring (bicyclic) bond motifs is 2. The maximum absolute atomic E-state index is 12.6. The summed E-state index contributed by atoms with van der Waals surface area (Å²) in [6, 6.07) is 7.99. The highest BCUT2D eigenvalue weighted by Crippen LogP contribution is 2.29. The lowest BCUT2D eigenvalue weighted by atomic mass is 10.0. The first kappa shape index (κ1) is 21.9. The van der Waals surface area contributed by atoms with Gasteiger partial charge in [-0.2, -0.15) is 0 Å². The minimum atomic E-state index is 0.0426. The van der Waals surface area contributed by atoms with Gasteiger partial charge in [-0.25, -0.2) is 0 Å². The van der Waals surface area contributed by atoms with Crippen LogP contribution < -0.4 is 20.3 Å². The Balaban J connectivity index is 1.13. The van der Waals surface area contributed by atoms with E-state index >= 15 is 0 Å². The van der Waals surface area contributed by atoms with Gasteiger partial charge in [0.25, 0.3) is 5.56 Å². The SMILES string of the molecule is CCc1cnc2ccc(=O)n(CCN3CCC(NCc4cc5c(cn4)OCCO5)CC3)c2c1. The molecular weight excluding hydrogens is 418 g/mol. The van der Waals surface area contributed by atoms with Crippen LogP contribution in [0.3, 0.4) is 0 Å². The number of hydrogen-bond acceptors (Lipinski definition) is 7. The molecule has 3 aromatic heterocycles. The molecule has 1 N–H and O–H groups in total. The van der Waals surface area contributed by atoms with Crippen molar-refractivity contribution in [3.05, 3.63) is 58.3 Å². The van der Waals surface area contributed by atoms with Gasteiger partial charge in [0.2, 0.25) is 0 Å². The van der Waals surface area contributed by atoms with Crippen LogP contribution in [0.1, 0.15) is 31.0 Å². The number of pyridine rings is 3. The fourth-order valence-electron chi connectivity index (χ4n) is 4.57. The van der Waals surface area contributed by atoms with E-state index in [0.29, 0.717) is 25.8 Å². The smallest absolute Gasteiger partial charge is 0.251 e. The molecule has 3 aromatic rings. The van der Waals surface area contributed by atoms with Crippen molar-refractivity contribution < 1.29 is 9.47 Å². The monoisotopic (exact) mass is 449 g/mol. The van der Waals surface area contributed by atoms with Crippen LogP contribution in [0.2, 0.25) is 0 Å². The van der Waals surface area contributed by atoms with Crippen molar-refractivity contribution in [1.29, 1.82) is 0 Å². The van der Waals surface area contributed by atoms with E-state index in [-0.39, 0.29) is 5.56 Å². The van der Waals surface area contributed by atoms with Crippen LogP contribution in [0, 0.1) is 0 Å². The van der Waals surface area contributed by atoms with Gasteiger partial charge in [0.1, 0.15) is 13.2 Å². The van der Waals surface area contributed by atoms with Gasteiger partial charge in [-0.1, -0.05) is 6.92 Å². The highest BCUT2D eigenvalue weighted by atomic mass is 16.6. The quantitative estimate of drug-likeness (QED) is 0.593. The molecule has 5 rings (SSSR count). The molecule has 0 aromatic carbocycles. The Morgan fingerprint density at radius 1 is 1.03 bits per heavy atom. The standard InChI is InChI=1S/C25H31N5O3/c1-2-18-13-22-21(28-15-18)3-4-25(31)30(22)10-9-29-7-5-19(6-8-29)26-16-20-14-23-24(17-27-20)33-12-11-32-23/h3-4,13-15,17,19,26H,2,5-12,16H2,1H3. The van der Waals surface area contributed by atoms with Crippen molar-refractivity contribution >= 4 is 11.0 Å². The largest absolute Gasteiger partial charge is 0.486 e. The summed E-state index contributed by atoms with van der Waals surface area (Å²) < 4.78 is 13.1. The number of ether oxygens (including phenoxy) is 2. The minimum absolute atomic E-state index is 0.0426. The van der Waals surface area contributed by atoms with Crippen LogP contribution in [-0.4, -0.2) is 58.3 Å². The second kappa shape index (κ2) is 9.89. The predicted molar refractivity (Wildman–Crippen MR) is 127 cm³/mol. The number of rotatable bonds is 7. The Labute approximate surface area is 193 Å². The fourth-order valence-corrected chi connectivity index (χ4v) is 4.57. The van der Waals surface area contributed by atoms with E-state index in [4.69, 9.17) is 9.47 Å². The zero-order valence-electron chi connectivity index (χ0n) is 19.1. The number of aromatic nitrogens is 3. The molecule has 0 saturated carbocycles. The summed E-state index contributed by atoms with van der Waals surface area (Å²) in [6.45, 7) is 7.58. The van der Waals surface area contributed by atoms with Crippen molar-refractivity contribution in [2.45, 2.75) is 45.3 Å². The highest BCUT2D eigenvalue weighted by molar-refractivity contribution is 5.74. The first-order chi connectivity index (χ1) is 16.2. The van der Waals surface area contributed by atoms with E-state index in [0.717, 1.165) is 79.2 Å². The molecular formula is C25H31N5O3. The van der Waals surface area contributed by atoms with Crippen LogP contribution in [0.5, 0.6) is 11.5 Å². The van der Waals surface area contributed by atoms with Crippen LogP contribution in [0.15, 0.2) is 41.5 Å². The Bertz CT molecular complexity index is 1170. The zero-order chi connectivity index (χ0) is 22.6. The van der Waals surface area contributed by atoms with Crippen molar-refractivity contribution in [3.63, 3.8) is 0 Å². The number of likely N-dealkylation sites (tertiary alicyclic amines) is 1. The molecule has 33 heavy (non-hydrogen) atoms. The summed E-state index contributed by atoms with van der Waals surface area (Å²) in [7, 11) is 0. The Morgan fingerprint density at radius 2 is 1.85 bits per heavy atom. The van der Waals surface area contributed by atoms with Crippen LogP contribution >= 0.6 is 0 Å². The predicted octanol–water partition coefficient (Wildman–Crippen LogP) is 2.38. The van der Waals surface area contributed by atoms with E-state index in [1.54, 1.807) is 12.3 Å². The highest BCUT2D eigenvalue weighted by Gasteiger charge is 2.20. The molecule has 174 valence electrons. The van der Waals surface area contributed by atoms with Gasteiger partial charge in [0, 0.05) is 44.0 Å². The summed E-state index contributed by atoms with van der Waals surface area (Å²) in [5, 5.41) is 3.64. The molecule has 2 aliphatic heterocycles. The van der Waals surface area contributed by atoms with E-state index in [2.05, 4.69) is 33.2 Å². The fraction of sp³-hybridized carbons (Fsp3) is 0.480. The van der Waals surface area contributed by atoms with Gasteiger partial charge < -0.3 is 24.3 Å². The number of piperidine rings is 1. The number of nitrogens with one attached hydrogen (secondary N) is 1. The Hall–Kier alpha value is -2.97. The van der Waals surface area contributed by atoms with Crippen molar-refractivity contribution in [2.24, 2.45) is 0 Å². The normalized spacial score (nSPS) is 16.9. The average molecular weight is 450 g/mol.